The maximum absolute atomic E-state index is 13.7. The van der Waals surface area contributed by atoms with Crippen LogP contribution >= 0.6 is 0 Å². The Hall–Kier alpha value is -4.21. The Labute approximate surface area is 174 Å². The van der Waals surface area contributed by atoms with E-state index >= 15 is 0 Å². The van der Waals surface area contributed by atoms with Gasteiger partial charge < -0.3 is 14.9 Å². The average molecular weight is 423 g/mol. The van der Waals surface area contributed by atoms with Crippen LogP contribution in [0.1, 0.15) is 22.3 Å². The fraction of sp³-hybridized carbons (Fsp3) is 0.0952. The second-order valence-electron chi connectivity index (χ2n) is 6.36. The summed E-state index contributed by atoms with van der Waals surface area (Å²) in [4.78, 5) is 20.1. The largest absolute Gasteiger partial charge is 0.465 e. The van der Waals surface area contributed by atoms with Gasteiger partial charge in [-0.15, -0.1) is 10.2 Å². The molecule has 10 heteroatoms. The van der Waals surface area contributed by atoms with Gasteiger partial charge in [0.25, 0.3) is 12.3 Å². The summed E-state index contributed by atoms with van der Waals surface area (Å²) in [6.07, 6.45) is -1.61. The third-order valence-electron chi connectivity index (χ3n) is 4.43. The van der Waals surface area contributed by atoms with E-state index in [2.05, 4.69) is 24.9 Å². The number of anilines is 1. The molecule has 0 aliphatic rings. The lowest BCUT2D eigenvalue weighted by molar-refractivity contribution is 0.0600. The van der Waals surface area contributed by atoms with Gasteiger partial charge in [0, 0.05) is 16.7 Å². The van der Waals surface area contributed by atoms with E-state index in [-0.39, 0.29) is 40.1 Å². The predicted octanol–water partition coefficient (Wildman–Crippen LogP) is 4.17. The summed E-state index contributed by atoms with van der Waals surface area (Å²) in [7, 11) is 1.17. The monoisotopic (exact) mass is 423 g/mol. The lowest BCUT2D eigenvalue weighted by Gasteiger charge is -2.11. The molecule has 0 atom stereocenters. The number of hydrogen-bond acceptors (Lipinski definition) is 8. The smallest absolute Gasteiger partial charge is 0.337 e. The van der Waals surface area contributed by atoms with E-state index in [4.69, 9.17) is 10.2 Å². The number of methoxy groups -OCH3 is 1. The molecule has 0 saturated carbocycles. The highest BCUT2D eigenvalue weighted by atomic mass is 19.3. The molecule has 0 bridgehead atoms. The number of alkyl halides is 2. The van der Waals surface area contributed by atoms with E-state index in [1.807, 2.05) is 18.2 Å². The van der Waals surface area contributed by atoms with Crippen LogP contribution in [0.15, 0.2) is 59.1 Å². The normalized spacial score (nSPS) is 11.0. The van der Waals surface area contributed by atoms with Gasteiger partial charge in [0.2, 0.25) is 5.89 Å². The minimum Gasteiger partial charge on any atom is -0.465 e. The van der Waals surface area contributed by atoms with Crippen molar-refractivity contribution < 1.29 is 22.7 Å². The van der Waals surface area contributed by atoms with E-state index in [1.165, 1.54) is 25.4 Å². The predicted molar refractivity (Wildman–Crippen MR) is 107 cm³/mol. The number of hydrogen-bond donors (Lipinski definition) is 1. The zero-order chi connectivity index (χ0) is 22.0. The minimum atomic E-state index is -2.87. The molecule has 0 aliphatic carbocycles. The number of nitrogens with zero attached hydrogens (tertiary/aromatic N) is 4. The Morgan fingerprint density at radius 3 is 2.55 bits per heavy atom. The molecule has 0 amide bonds. The molecule has 0 unspecified atom stereocenters. The molecule has 4 rings (SSSR count). The molecule has 0 fully saturated rings. The number of nitrogen functional groups attached to an aromatic ring is 1. The number of ether oxygens (including phenoxy) is 1. The first-order valence-electron chi connectivity index (χ1n) is 9.00. The van der Waals surface area contributed by atoms with Crippen LogP contribution in [-0.2, 0) is 4.74 Å². The van der Waals surface area contributed by atoms with Crippen molar-refractivity contribution in [2.75, 3.05) is 12.8 Å². The molecular formula is C21H15F2N5O3. The van der Waals surface area contributed by atoms with E-state index in [9.17, 15) is 13.6 Å². The molecule has 0 radical (unpaired) electrons. The van der Waals surface area contributed by atoms with Crippen molar-refractivity contribution in [1.29, 1.82) is 0 Å². The minimum absolute atomic E-state index is 0.00297. The number of carbonyl (C=O) groups excluding carboxylic acids is 1. The number of aromatic nitrogens is 4. The SMILES string of the molecule is COC(=O)c1ccc(-c2cnc(N)c(-c3nnc(-c4ccccc4)o3)n2)c(C(F)F)c1. The van der Waals surface area contributed by atoms with Crippen LogP contribution in [0, 0.1) is 0 Å². The lowest BCUT2D eigenvalue weighted by atomic mass is 10.0. The van der Waals surface area contributed by atoms with Gasteiger partial charge in [-0.3, -0.25) is 0 Å². The maximum Gasteiger partial charge on any atom is 0.337 e. The molecule has 8 nitrogen and oxygen atoms in total. The molecule has 2 aromatic heterocycles. The van der Waals surface area contributed by atoms with Crippen LogP contribution in [0.3, 0.4) is 0 Å². The Morgan fingerprint density at radius 2 is 1.84 bits per heavy atom. The van der Waals surface area contributed by atoms with Gasteiger partial charge in [-0.25, -0.2) is 23.5 Å². The van der Waals surface area contributed by atoms with E-state index < -0.39 is 18.0 Å². The van der Waals surface area contributed by atoms with Crippen LogP contribution in [0.25, 0.3) is 34.3 Å². The number of nitrogens with two attached hydrogens (primary N) is 1. The number of esters is 1. The molecule has 0 aliphatic heterocycles. The highest BCUT2D eigenvalue weighted by molar-refractivity contribution is 5.90. The molecular weight excluding hydrogens is 408 g/mol. The second-order valence-corrected chi connectivity index (χ2v) is 6.36. The lowest BCUT2D eigenvalue weighted by Crippen LogP contribution is -2.04. The zero-order valence-corrected chi connectivity index (χ0v) is 16.1. The van der Waals surface area contributed by atoms with Gasteiger partial charge in [0.05, 0.1) is 24.6 Å². The Bertz CT molecular complexity index is 1250. The first-order chi connectivity index (χ1) is 15.0. The highest BCUT2D eigenvalue weighted by Gasteiger charge is 2.21. The summed E-state index contributed by atoms with van der Waals surface area (Å²) >= 11 is 0. The average Bonchev–Trinajstić information content (AvgIpc) is 3.29. The van der Waals surface area contributed by atoms with Crippen molar-refractivity contribution in [1.82, 2.24) is 20.2 Å². The van der Waals surface area contributed by atoms with Gasteiger partial charge >= 0.3 is 5.97 Å². The summed E-state index contributed by atoms with van der Waals surface area (Å²) in [6.45, 7) is 0. The summed E-state index contributed by atoms with van der Waals surface area (Å²) in [5, 5.41) is 7.94. The maximum atomic E-state index is 13.7. The fourth-order valence-corrected chi connectivity index (χ4v) is 2.92. The standard InChI is InChI=1S/C21H15F2N5O3/c1-30-21(29)12-7-8-13(14(9-12)17(22)23)15-10-25-18(24)16(26-15)20-28-27-19(31-20)11-5-3-2-4-6-11/h2-10,17H,1H3,(H2,24,25). The molecule has 0 saturated heterocycles. The van der Waals surface area contributed by atoms with Crippen molar-refractivity contribution in [3.63, 3.8) is 0 Å². The third kappa shape index (κ3) is 3.95. The van der Waals surface area contributed by atoms with Crippen LogP contribution in [0.2, 0.25) is 0 Å². The van der Waals surface area contributed by atoms with Crippen LogP contribution < -0.4 is 5.73 Å². The number of halogens is 2. The Morgan fingerprint density at radius 1 is 1.10 bits per heavy atom. The van der Waals surface area contributed by atoms with Crippen molar-refractivity contribution in [2.24, 2.45) is 0 Å². The zero-order valence-electron chi connectivity index (χ0n) is 16.1. The quantitative estimate of drug-likeness (QED) is 0.476. The number of carbonyl (C=O) groups is 1. The third-order valence-corrected chi connectivity index (χ3v) is 4.43. The van der Waals surface area contributed by atoms with E-state index in [0.29, 0.717) is 5.56 Å². The first-order valence-corrected chi connectivity index (χ1v) is 9.00. The van der Waals surface area contributed by atoms with Gasteiger partial charge in [-0.05, 0) is 24.3 Å². The van der Waals surface area contributed by atoms with Crippen LogP contribution in [0.5, 0.6) is 0 Å². The van der Waals surface area contributed by atoms with Crippen LogP contribution in [-0.4, -0.2) is 33.2 Å². The topological polar surface area (TPSA) is 117 Å². The van der Waals surface area contributed by atoms with Gasteiger partial charge in [-0.1, -0.05) is 24.3 Å². The summed E-state index contributed by atoms with van der Waals surface area (Å²) in [5.41, 5.74) is 6.46. The molecule has 31 heavy (non-hydrogen) atoms. The highest BCUT2D eigenvalue weighted by Crippen LogP contribution is 2.33. The molecule has 2 N–H and O–H groups in total. The fourth-order valence-electron chi connectivity index (χ4n) is 2.92. The first kappa shape index (κ1) is 20.1. The molecule has 2 aromatic carbocycles. The van der Waals surface area contributed by atoms with Crippen molar-refractivity contribution in [2.45, 2.75) is 6.43 Å². The van der Waals surface area contributed by atoms with Crippen molar-refractivity contribution in [3.05, 3.63) is 65.9 Å². The number of rotatable bonds is 5. The molecule has 0 spiro atoms. The van der Waals surface area contributed by atoms with Crippen molar-refractivity contribution >= 4 is 11.8 Å². The Kier molecular flexibility index (Phi) is 5.35. The van der Waals surface area contributed by atoms with Gasteiger partial charge in [-0.2, -0.15) is 0 Å². The summed E-state index contributed by atoms with van der Waals surface area (Å²) in [5.74, 6) is -0.484. The van der Waals surface area contributed by atoms with E-state index in [1.54, 1.807) is 12.1 Å². The van der Waals surface area contributed by atoms with Gasteiger partial charge in [0.15, 0.2) is 11.5 Å². The van der Waals surface area contributed by atoms with E-state index in [0.717, 1.165) is 6.07 Å². The Balaban J connectivity index is 1.77. The molecule has 2 heterocycles. The number of benzene rings is 2. The molecule has 156 valence electrons. The van der Waals surface area contributed by atoms with Crippen LogP contribution in [0.4, 0.5) is 14.6 Å². The summed E-state index contributed by atoms with van der Waals surface area (Å²) in [6, 6.07) is 12.8. The van der Waals surface area contributed by atoms with Gasteiger partial charge in [0.1, 0.15) is 0 Å². The molecule has 4 aromatic rings. The van der Waals surface area contributed by atoms with Crippen molar-refractivity contribution in [3.8, 4) is 34.3 Å². The summed E-state index contributed by atoms with van der Waals surface area (Å²) < 4.78 is 37.6. The second kappa shape index (κ2) is 8.27.